The molecule has 2 heterocycles. The molecule has 3 aromatic rings. The molecule has 0 unspecified atom stereocenters. The summed E-state index contributed by atoms with van der Waals surface area (Å²) in [6.45, 7) is 4.50. The summed E-state index contributed by atoms with van der Waals surface area (Å²) < 4.78 is 13.1. The zero-order valence-electron chi connectivity index (χ0n) is 18.3. The Morgan fingerprint density at radius 1 is 1.06 bits per heavy atom. The van der Waals surface area contributed by atoms with E-state index in [0.29, 0.717) is 12.4 Å². The van der Waals surface area contributed by atoms with Gasteiger partial charge in [0.05, 0.1) is 0 Å². The number of benzene rings is 2. The van der Waals surface area contributed by atoms with Crippen molar-refractivity contribution in [2.75, 3.05) is 55.4 Å². The summed E-state index contributed by atoms with van der Waals surface area (Å²) in [6.07, 6.45) is 1.38. The molecule has 1 amide bonds. The zero-order chi connectivity index (χ0) is 22.5. The van der Waals surface area contributed by atoms with Crippen LogP contribution in [0.2, 0.25) is 0 Å². The van der Waals surface area contributed by atoms with Crippen LogP contribution in [0.15, 0.2) is 60.9 Å². The third-order valence-corrected chi connectivity index (χ3v) is 5.58. The van der Waals surface area contributed by atoms with Crippen LogP contribution in [0.4, 0.5) is 21.6 Å². The van der Waals surface area contributed by atoms with Gasteiger partial charge in [-0.1, -0.05) is 18.2 Å². The lowest BCUT2D eigenvalue weighted by Crippen LogP contribution is -2.44. The summed E-state index contributed by atoms with van der Waals surface area (Å²) in [4.78, 5) is 27.8. The summed E-state index contributed by atoms with van der Waals surface area (Å²) >= 11 is 0. The largest absolute Gasteiger partial charge is 0.369 e. The van der Waals surface area contributed by atoms with Gasteiger partial charge in [-0.15, -0.1) is 0 Å². The number of halogens is 1. The Morgan fingerprint density at radius 3 is 2.56 bits per heavy atom. The molecule has 8 heteroatoms. The van der Waals surface area contributed by atoms with E-state index in [4.69, 9.17) is 0 Å². The van der Waals surface area contributed by atoms with Gasteiger partial charge in [-0.3, -0.25) is 4.79 Å². The van der Waals surface area contributed by atoms with E-state index in [9.17, 15) is 9.18 Å². The van der Waals surface area contributed by atoms with Gasteiger partial charge < -0.3 is 20.0 Å². The van der Waals surface area contributed by atoms with Crippen LogP contribution in [0.5, 0.6) is 0 Å². The Labute approximate surface area is 187 Å². The standard InChI is InChI=1S/C24H27FN6O/c1-29-10-12-31(13-11-29)21-5-3-4-20(14-21)28-24(32)22-15-23(27-17-26-22)30(2)16-18-6-8-19(25)9-7-18/h3-9,14-15,17H,10-13,16H2,1-2H3,(H,28,32). The minimum absolute atomic E-state index is 0.269. The number of nitrogens with one attached hydrogen (secondary N) is 1. The topological polar surface area (TPSA) is 64.6 Å². The van der Waals surface area contributed by atoms with Crippen LogP contribution in [0.25, 0.3) is 0 Å². The zero-order valence-corrected chi connectivity index (χ0v) is 18.3. The predicted octanol–water partition coefficient (Wildman–Crippen LogP) is 3.26. The van der Waals surface area contributed by atoms with Gasteiger partial charge in [0.2, 0.25) is 0 Å². The van der Waals surface area contributed by atoms with E-state index in [1.807, 2.05) is 30.1 Å². The number of hydrogen-bond donors (Lipinski definition) is 1. The van der Waals surface area contributed by atoms with Crippen LogP contribution >= 0.6 is 0 Å². The molecule has 1 aliphatic rings. The number of carbonyl (C=O) groups is 1. The number of aromatic nitrogens is 2. The van der Waals surface area contributed by atoms with Crippen molar-refractivity contribution in [1.82, 2.24) is 14.9 Å². The molecule has 32 heavy (non-hydrogen) atoms. The monoisotopic (exact) mass is 434 g/mol. The van der Waals surface area contributed by atoms with E-state index in [0.717, 1.165) is 43.1 Å². The van der Waals surface area contributed by atoms with Crippen LogP contribution in [0.1, 0.15) is 16.1 Å². The molecular weight excluding hydrogens is 407 g/mol. The number of hydrogen-bond acceptors (Lipinski definition) is 6. The molecule has 7 nitrogen and oxygen atoms in total. The lowest BCUT2D eigenvalue weighted by molar-refractivity contribution is 0.102. The molecular formula is C24H27FN6O. The van der Waals surface area contributed by atoms with Gasteiger partial charge in [0.25, 0.3) is 5.91 Å². The smallest absolute Gasteiger partial charge is 0.274 e. The Kier molecular flexibility index (Phi) is 6.61. The van der Waals surface area contributed by atoms with Crippen molar-refractivity contribution in [2.45, 2.75) is 6.54 Å². The number of amides is 1. The van der Waals surface area contributed by atoms with Crippen molar-refractivity contribution >= 4 is 23.1 Å². The van der Waals surface area contributed by atoms with Crippen molar-refractivity contribution in [3.63, 3.8) is 0 Å². The quantitative estimate of drug-likeness (QED) is 0.643. The third kappa shape index (κ3) is 5.39. The van der Waals surface area contributed by atoms with Gasteiger partial charge in [-0.2, -0.15) is 0 Å². The number of carbonyl (C=O) groups excluding carboxylic acids is 1. The first kappa shape index (κ1) is 21.7. The summed E-state index contributed by atoms with van der Waals surface area (Å²) in [5.41, 5.74) is 3.05. The predicted molar refractivity (Wildman–Crippen MR) is 125 cm³/mol. The second kappa shape index (κ2) is 9.74. The fraction of sp³-hybridized carbons (Fsp3) is 0.292. The van der Waals surface area contributed by atoms with E-state index >= 15 is 0 Å². The number of piperazine rings is 1. The fourth-order valence-corrected chi connectivity index (χ4v) is 3.66. The molecule has 1 aromatic heterocycles. The van der Waals surface area contributed by atoms with Gasteiger partial charge >= 0.3 is 0 Å². The van der Waals surface area contributed by atoms with Crippen LogP contribution in [0.3, 0.4) is 0 Å². The maximum absolute atomic E-state index is 13.1. The Morgan fingerprint density at radius 2 is 1.81 bits per heavy atom. The van der Waals surface area contributed by atoms with E-state index in [1.54, 1.807) is 18.2 Å². The summed E-state index contributed by atoms with van der Waals surface area (Å²) in [5.74, 6) is 0.0501. The molecule has 4 rings (SSSR count). The van der Waals surface area contributed by atoms with Gasteiger partial charge in [0, 0.05) is 57.2 Å². The number of rotatable bonds is 6. The molecule has 0 radical (unpaired) electrons. The summed E-state index contributed by atoms with van der Waals surface area (Å²) in [5, 5.41) is 2.94. The second-order valence-electron chi connectivity index (χ2n) is 8.04. The maximum Gasteiger partial charge on any atom is 0.274 e. The minimum Gasteiger partial charge on any atom is -0.369 e. The van der Waals surface area contributed by atoms with Crippen LogP contribution < -0.4 is 15.1 Å². The molecule has 166 valence electrons. The Bertz CT molecular complexity index is 1070. The van der Waals surface area contributed by atoms with Gasteiger partial charge in [-0.25, -0.2) is 14.4 Å². The SMILES string of the molecule is CN1CCN(c2cccc(NC(=O)c3cc(N(C)Cc4ccc(F)cc4)ncn3)c2)CC1. The highest BCUT2D eigenvalue weighted by molar-refractivity contribution is 6.03. The van der Waals surface area contributed by atoms with Crippen LogP contribution in [-0.2, 0) is 6.54 Å². The van der Waals surface area contributed by atoms with Crippen molar-refractivity contribution < 1.29 is 9.18 Å². The van der Waals surface area contributed by atoms with Crippen molar-refractivity contribution in [2.24, 2.45) is 0 Å². The third-order valence-electron chi connectivity index (χ3n) is 5.58. The first-order chi connectivity index (χ1) is 15.5. The van der Waals surface area contributed by atoms with Gasteiger partial charge in [0.15, 0.2) is 0 Å². The number of anilines is 3. The van der Waals surface area contributed by atoms with E-state index < -0.39 is 0 Å². The molecule has 0 bridgehead atoms. The molecule has 1 fully saturated rings. The molecule has 1 aliphatic heterocycles. The highest BCUT2D eigenvalue weighted by Crippen LogP contribution is 2.21. The average molecular weight is 435 g/mol. The molecule has 1 saturated heterocycles. The number of likely N-dealkylation sites (N-methyl/N-ethyl adjacent to an activating group) is 1. The first-order valence-electron chi connectivity index (χ1n) is 10.6. The van der Waals surface area contributed by atoms with Crippen molar-refractivity contribution in [3.05, 3.63) is 78.0 Å². The number of nitrogens with zero attached hydrogens (tertiary/aromatic N) is 5. The Balaban J connectivity index is 1.42. The van der Waals surface area contributed by atoms with Crippen LogP contribution in [0, 0.1) is 5.82 Å². The molecule has 1 N–H and O–H groups in total. The summed E-state index contributed by atoms with van der Waals surface area (Å²) in [6, 6.07) is 15.9. The lowest BCUT2D eigenvalue weighted by Gasteiger charge is -2.34. The molecule has 0 spiro atoms. The maximum atomic E-state index is 13.1. The van der Waals surface area contributed by atoms with Crippen molar-refractivity contribution in [1.29, 1.82) is 0 Å². The highest BCUT2D eigenvalue weighted by atomic mass is 19.1. The normalized spacial score (nSPS) is 14.3. The van der Waals surface area contributed by atoms with Gasteiger partial charge in [0.1, 0.15) is 23.7 Å². The molecule has 0 aliphatic carbocycles. The van der Waals surface area contributed by atoms with E-state index in [1.165, 1.54) is 18.5 Å². The second-order valence-corrected chi connectivity index (χ2v) is 8.04. The highest BCUT2D eigenvalue weighted by Gasteiger charge is 2.16. The molecule has 0 atom stereocenters. The molecule has 2 aromatic carbocycles. The Hall–Kier alpha value is -3.52. The van der Waals surface area contributed by atoms with E-state index in [-0.39, 0.29) is 17.4 Å². The van der Waals surface area contributed by atoms with E-state index in [2.05, 4.69) is 38.2 Å². The van der Waals surface area contributed by atoms with Gasteiger partial charge in [-0.05, 0) is 42.9 Å². The van der Waals surface area contributed by atoms with Crippen LogP contribution in [-0.4, -0.2) is 61.0 Å². The fourth-order valence-electron chi connectivity index (χ4n) is 3.66. The summed E-state index contributed by atoms with van der Waals surface area (Å²) in [7, 11) is 3.99. The average Bonchev–Trinajstić information content (AvgIpc) is 2.81. The van der Waals surface area contributed by atoms with Crippen molar-refractivity contribution in [3.8, 4) is 0 Å². The first-order valence-corrected chi connectivity index (χ1v) is 10.6. The minimum atomic E-state index is -0.292. The lowest BCUT2D eigenvalue weighted by atomic mass is 10.2. The molecule has 0 saturated carbocycles.